The van der Waals surface area contributed by atoms with E-state index in [2.05, 4.69) is 10.3 Å². The lowest BCUT2D eigenvalue weighted by molar-refractivity contribution is -0.141. The Morgan fingerprint density at radius 3 is 2.81 bits per heavy atom. The van der Waals surface area contributed by atoms with Gasteiger partial charge in [0.25, 0.3) is 5.91 Å². The number of halogens is 1. The predicted octanol–water partition coefficient (Wildman–Crippen LogP) is 5.21. The maximum atomic E-state index is 14.0. The molecule has 1 N–H and O–H groups in total. The molecule has 5 nitrogen and oxygen atoms in total. The molecule has 3 unspecified atom stereocenters. The minimum atomic E-state index is -0.827. The van der Waals surface area contributed by atoms with Gasteiger partial charge in [-0.15, -0.1) is 11.3 Å². The first kappa shape index (κ1) is 23.1. The van der Waals surface area contributed by atoms with Crippen LogP contribution in [0.4, 0.5) is 4.39 Å². The van der Waals surface area contributed by atoms with Crippen molar-refractivity contribution in [1.82, 2.24) is 15.2 Å². The number of hydrogen-bond donors (Lipinski definition) is 1. The number of nitrogens with one attached hydrogen (secondary N) is 1. The van der Waals surface area contributed by atoms with Crippen molar-refractivity contribution in [3.05, 3.63) is 29.4 Å². The smallest absolute Gasteiger partial charge is 0.261 e. The highest BCUT2D eigenvalue weighted by Crippen LogP contribution is 2.34. The third-order valence-electron chi connectivity index (χ3n) is 7.32. The van der Waals surface area contributed by atoms with Crippen molar-refractivity contribution < 1.29 is 14.0 Å². The van der Waals surface area contributed by atoms with Gasteiger partial charge in [-0.25, -0.2) is 4.39 Å². The quantitative estimate of drug-likeness (QED) is 0.578. The summed E-state index contributed by atoms with van der Waals surface area (Å²) in [5.41, 5.74) is 0. The third-order valence-corrected chi connectivity index (χ3v) is 8.40. The molecule has 3 atom stereocenters. The van der Waals surface area contributed by atoms with Crippen molar-refractivity contribution in [3.63, 3.8) is 0 Å². The fourth-order valence-electron chi connectivity index (χ4n) is 5.18. The minimum absolute atomic E-state index is 0.00881. The van der Waals surface area contributed by atoms with E-state index in [9.17, 15) is 14.0 Å². The van der Waals surface area contributed by atoms with E-state index in [0.717, 1.165) is 73.0 Å². The van der Waals surface area contributed by atoms with Crippen LogP contribution in [0.5, 0.6) is 0 Å². The Kier molecular flexibility index (Phi) is 7.76. The summed E-state index contributed by atoms with van der Waals surface area (Å²) in [6.45, 7) is 4.20. The van der Waals surface area contributed by atoms with Crippen LogP contribution in [0.15, 0.2) is 24.5 Å². The second-order valence-corrected chi connectivity index (χ2v) is 10.5. The molecular formula is C25H34FN3O2S. The van der Waals surface area contributed by atoms with Gasteiger partial charge in [0.2, 0.25) is 5.91 Å². The lowest BCUT2D eigenvalue weighted by Gasteiger charge is -2.38. The highest BCUT2D eigenvalue weighted by atomic mass is 32.1. The fourth-order valence-corrected chi connectivity index (χ4v) is 6.12. The van der Waals surface area contributed by atoms with Gasteiger partial charge in [0.15, 0.2) is 0 Å². The van der Waals surface area contributed by atoms with Crippen LogP contribution < -0.4 is 5.32 Å². The van der Waals surface area contributed by atoms with Crippen LogP contribution in [-0.4, -0.2) is 47.5 Å². The predicted molar refractivity (Wildman–Crippen MR) is 127 cm³/mol. The average Bonchev–Trinajstić information content (AvgIpc) is 3.25. The van der Waals surface area contributed by atoms with Gasteiger partial charge in [-0.3, -0.25) is 14.6 Å². The molecule has 2 amide bonds. The number of thiophene rings is 1. The monoisotopic (exact) mass is 459 g/mol. The summed E-state index contributed by atoms with van der Waals surface area (Å²) in [5, 5.41) is 4.09. The van der Waals surface area contributed by atoms with E-state index in [0.29, 0.717) is 18.9 Å². The summed E-state index contributed by atoms with van der Waals surface area (Å²) < 4.78 is 15.0. The molecule has 1 saturated heterocycles. The highest BCUT2D eigenvalue weighted by molar-refractivity contribution is 7.20. The Labute approximate surface area is 193 Å². The van der Waals surface area contributed by atoms with Crippen molar-refractivity contribution in [2.75, 3.05) is 19.6 Å². The van der Waals surface area contributed by atoms with Crippen LogP contribution in [0, 0.1) is 17.8 Å². The Morgan fingerprint density at radius 1 is 1.22 bits per heavy atom. The minimum Gasteiger partial charge on any atom is -0.351 e. The molecule has 2 fully saturated rings. The van der Waals surface area contributed by atoms with Crippen LogP contribution in [0.1, 0.15) is 68.0 Å². The number of fused-ring (bicyclic) bond motifs is 1. The zero-order chi connectivity index (χ0) is 22.5. The molecule has 32 heavy (non-hydrogen) atoms. The number of nitrogens with zero attached hydrogens (tertiary/aromatic N) is 2. The van der Waals surface area contributed by atoms with Crippen molar-refractivity contribution in [3.8, 4) is 0 Å². The third kappa shape index (κ3) is 5.48. The second-order valence-electron chi connectivity index (χ2n) is 9.46. The van der Waals surface area contributed by atoms with Gasteiger partial charge < -0.3 is 10.2 Å². The highest BCUT2D eigenvalue weighted by Gasteiger charge is 2.37. The molecule has 2 aliphatic rings. The lowest BCUT2D eigenvalue weighted by atomic mass is 9.78. The molecule has 174 valence electrons. The Balaban J connectivity index is 1.12. The molecule has 0 spiro atoms. The number of unbranched alkanes of at least 4 members (excludes halogenated alkanes) is 1. The van der Waals surface area contributed by atoms with Crippen LogP contribution in [0.3, 0.4) is 0 Å². The van der Waals surface area contributed by atoms with Crippen LogP contribution in [0.2, 0.25) is 0 Å². The van der Waals surface area contributed by atoms with E-state index < -0.39 is 6.17 Å². The van der Waals surface area contributed by atoms with Gasteiger partial charge in [-0.1, -0.05) is 19.8 Å². The molecule has 0 aromatic carbocycles. The summed E-state index contributed by atoms with van der Waals surface area (Å²) in [6.07, 6.45) is 10.2. The van der Waals surface area contributed by atoms with Gasteiger partial charge in [0, 0.05) is 37.9 Å². The summed E-state index contributed by atoms with van der Waals surface area (Å²) >= 11 is 1.48. The number of carbonyl (C=O) groups excluding carboxylic acids is 2. The lowest BCUT2D eigenvalue weighted by Crippen LogP contribution is -2.45. The largest absolute Gasteiger partial charge is 0.351 e. The van der Waals surface area contributed by atoms with Crippen molar-refractivity contribution in [2.45, 2.75) is 64.5 Å². The Morgan fingerprint density at radius 2 is 2.03 bits per heavy atom. The Bertz CT molecular complexity index is 892. The molecule has 3 heterocycles. The number of rotatable bonds is 7. The van der Waals surface area contributed by atoms with Gasteiger partial charge >= 0.3 is 0 Å². The number of hydrogen-bond acceptors (Lipinski definition) is 4. The van der Waals surface area contributed by atoms with Gasteiger partial charge in [-0.05, 0) is 67.9 Å². The summed E-state index contributed by atoms with van der Waals surface area (Å²) in [5.74, 6) is 0.538. The molecule has 2 aromatic rings. The number of carbonyl (C=O) groups is 2. The number of amides is 2. The van der Waals surface area contributed by atoms with Crippen molar-refractivity contribution in [1.29, 1.82) is 0 Å². The van der Waals surface area contributed by atoms with Crippen molar-refractivity contribution >= 4 is 33.2 Å². The zero-order valence-corrected chi connectivity index (χ0v) is 19.7. The number of likely N-dealkylation sites (tertiary alicyclic amines) is 1. The standard InChI is InChI=1S/C25H34FN3O2S/c1-17-20(6-4-7-21(17)26)25(31)29-13-9-18(10-14-29)5-2-3-11-28-24(30)22-15-19-8-12-27-16-23(19)32-22/h8,12,15-18,20-21H,2-7,9-11,13-14H2,1H3,(H,28,30). The summed E-state index contributed by atoms with van der Waals surface area (Å²) in [7, 11) is 0. The maximum absolute atomic E-state index is 14.0. The molecular weight excluding hydrogens is 425 g/mol. The van der Waals surface area contributed by atoms with Gasteiger partial charge in [0.1, 0.15) is 6.17 Å². The molecule has 4 rings (SSSR count). The van der Waals surface area contributed by atoms with E-state index in [4.69, 9.17) is 0 Å². The van der Waals surface area contributed by atoms with Crippen molar-refractivity contribution in [2.24, 2.45) is 17.8 Å². The van der Waals surface area contributed by atoms with E-state index in [-0.39, 0.29) is 23.7 Å². The zero-order valence-electron chi connectivity index (χ0n) is 18.9. The number of piperidine rings is 1. The number of pyridine rings is 1. The number of aromatic nitrogens is 1. The molecule has 1 aliphatic carbocycles. The first-order valence-corrected chi connectivity index (χ1v) is 12.9. The van der Waals surface area contributed by atoms with E-state index in [1.807, 2.05) is 24.0 Å². The molecule has 1 aliphatic heterocycles. The normalized spacial score (nSPS) is 24.6. The topological polar surface area (TPSA) is 62.3 Å². The van der Waals surface area contributed by atoms with Gasteiger partial charge in [-0.2, -0.15) is 0 Å². The first-order valence-electron chi connectivity index (χ1n) is 12.1. The molecule has 0 bridgehead atoms. The summed E-state index contributed by atoms with van der Waals surface area (Å²) in [6, 6.07) is 3.85. The van der Waals surface area contributed by atoms with E-state index in [1.165, 1.54) is 11.3 Å². The van der Waals surface area contributed by atoms with Crippen LogP contribution in [0.25, 0.3) is 10.1 Å². The van der Waals surface area contributed by atoms with E-state index in [1.54, 1.807) is 12.4 Å². The van der Waals surface area contributed by atoms with Crippen LogP contribution >= 0.6 is 11.3 Å². The SMILES string of the molecule is CC1C(F)CCCC1C(=O)N1CCC(CCCCNC(=O)c2cc3ccncc3s2)CC1. The van der Waals surface area contributed by atoms with E-state index >= 15 is 0 Å². The molecule has 1 saturated carbocycles. The summed E-state index contributed by atoms with van der Waals surface area (Å²) in [4.78, 5) is 32.1. The molecule has 2 aromatic heterocycles. The fraction of sp³-hybridized carbons (Fsp3) is 0.640. The van der Waals surface area contributed by atoms with Gasteiger partial charge in [0.05, 0.1) is 9.58 Å². The second kappa shape index (κ2) is 10.7. The number of alkyl halides is 1. The first-order chi connectivity index (χ1) is 15.5. The maximum Gasteiger partial charge on any atom is 0.261 e. The molecule has 0 radical (unpaired) electrons. The molecule has 7 heteroatoms. The van der Waals surface area contributed by atoms with Crippen LogP contribution in [-0.2, 0) is 4.79 Å². The Hall–Kier alpha value is -2.02. The average molecular weight is 460 g/mol.